The first-order valence-electron chi connectivity index (χ1n) is 7.32. The molecule has 18 heavy (non-hydrogen) atoms. The highest BCUT2D eigenvalue weighted by atomic mass is 15.1. The van der Waals surface area contributed by atoms with Crippen LogP contribution in [0.15, 0.2) is 24.3 Å². The third kappa shape index (κ3) is 3.49. The van der Waals surface area contributed by atoms with E-state index in [2.05, 4.69) is 41.4 Å². The molecule has 1 aliphatic rings. The first kappa shape index (κ1) is 13.4. The van der Waals surface area contributed by atoms with E-state index in [4.69, 9.17) is 0 Å². The van der Waals surface area contributed by atoms with Gasteiger partial charge in [-0.05, 0) is 62.9 Å². The van der Waals surface area contributed by atoms with E-state index in [1.54, 1.807) is 0 Å². The van der Waals surface area contributed by atoms with Crippen LogP contribution >= 0.6 is 0 Å². The molecule has 100 valence electrons. The summed E-state index contributed by atoms with van der Waals surface area (Å²) in [4.78, 5) is 2.56. The summed E-state index contributed by atoms with van der Waals surface area (Å²) in [6.07, 6.45) is 5.17. The van der Waals surface area contributed by atoms with E-state index in [1.807, 2.05) is 7.05 Å². The van der Waals surface area contributed by atoms with E-state index < -0.39 is 0 Å². The van der Waals surface area contributed by atoms with E-state index in [0.29, 0.717) is 0 Å². The van der Waals surface area contributed by atoms with Crippen LogP contribution in [0.5, 0.6) is 0 Å². The van der Waals surface area contributed by atoms with Gasteiger partial charge >= 0.3 is 0 Å². The molecule has 1 unspecified atom stereocenters. The molecular weight excluding hydrogens is 220 g/mol. The number of anilines is 1. The molecule has 2 heteroatoms. The molecule has 1 aromatic rings. The van der Waals surface area contributed by atoms with Crippen molar-refractivity contribution in [3.63, 3.8) is 0 Å². The van der Waals surface area contributed by atoms with Crippen LogP contribution < -0.4 is 10.2 Å². The monoisotopic (exact) mass is 246 g/mol. The number of rotatable bonds is 5. The van der Waals surface area contributed by atoms with E-state index in [9.17, 15) is 0 Å². The van der Waals surface area contributed by atoms with Crippen molar-refractivity contribution in [3.05, 3.63) is 29.8 Å². The molecule has 1 aromatic carbocycles. The Morgan fingerprint density at radius 2 is 2.06 bits per heavy atom. The Morgan fingerprint density at radius 3 is 2.72 bits per heavy atom. The van der Waals surface area contributed by atoms with Gasteiger partial charge in [0, 0.05) is 18.8 Å². The van der Waals surface area contributed by atoms with Crippen LogP contribution in [0, 0.1) is 5.92 Å². The zero-order valence-corrected chi connectivity index (χ0v) is 11.8. The predicted molar refractivity (Wildman–Crippen MR) is 79.3 cm³/mol. The Kier molecular flexibility index (Phi) is 5.06. The fourth-order valence-electron chi connectivity index (χ4n) is 2.83. The molecule has 1 heterocycles. The van der Waals surface area contributed by atoms with E-state index in [-0.39, 0.29) is 0 Å². The lowest BCUT2D eigenvalue weighted by atomic mass is 9.94. The fraction of sp³-hybridized carbons (Fsp3) is 0.625. The predicted octanol–water partition coefficient (Wildman–Crippen LogP) is 3.07. The minimum absolute atomic E-state index is 0.858. The van der Waals surface area contributed by atoms with Gasteiger partial charge in [-0.15, -0.1) is 0 Å². The number of hydrogen-bond donors (Lipinski definition) is 1. The van der Waals surface area contributed by atoms with E-state index in [1.165, 1.54) is 43.6 Å². The average molecular weight is 246 g/mol. The molecular formula is C16H26N2. The number of piperidine rings is 1. The van der Waals surface area contributed by atoms with Crippen molar-refractivity contribution < 1.29 is 0 Å². The Bertz CT molecular complexity index is 345. The fourth-order valence-corrected chi connectivity index (χ4v) is 2.83. The van der Waals surface area contributed by atoms with Crippen LogP contribution in [0.3, 0.4) is 0 Å². The summed E-state index contributed by atoms with van der Waals surface area (Å²) in [5.41, 5.74) is 2.84. The molecule has 1 N–H and O–H groups in total. The van der Waals surface area contributed by atoms with Crippen LogP contribution in [0.1, 0.15) is 31.7 Å². The van der Waals surface area contributed by atoms with Crippen molar-refractivity contribution in [1.82, 2.24) is 5.32 Å². The summed E-state index contributed by atoms with van der Waals surface area (Å²) in [6.45, 7) is 5.81. The SMILES string of the molecule is CCc1ccc(N2CCCC(CCNC)C2)cc1. The molecule has 0 saturated carbocycles. The van der Waals surface area contributed by atoms with Crippen molar-refractivity contribution in [2.24, 2.45) is 5.92 Å². The smallest absolute Gasteiger partial charge is 0.0366 e. The highest BCUT2D eigenvalue weighted by Crippen LogP contribution is 2.25. The highest BCUT2D eigenvalue weighted by Gasteiger charge is 2.19. The molecule has 0 amide bonds. The largest absolute Gasteiger partial charge is 0.371 e. The number of nitrogens with one attached hydrogen (secondary N) is 1. The van der Waals surface area contributed by atoms with Gasteiger partial charge in [0.15, 0.2) is 0 Å². The van der Waals surface area contributed by atoms with Crippen molar-refractivity contribution in [2.45, 2.75) is 32.6 Å². The molecule has 2 nitrogen and oxygen atoms in total. The normalized spacial score (nSPS) is 20.1. The molecule has 1 fully saturated rings. The second kappa shape index (κ2) is 6.79. The number of benzene rings is 1. The molecule has 0 bridgehead atoms. The van der Waals surface area contributed by atoms with Crippen LogP contribution in [0.2, 0.25) is 0 Å². The summed E-state index contributed by atoms with van der Waals surface area (Å²) in [5, 5.41) is 3.27. The lowest BCUT2D eigenvalue weighted by Crippen LogP contribution is -2.36. The summed E-state index contributed by atoms with van der Waals surface area (Å²) in [5.74, 6) is 0.858. The molecule has 1 atom stereocenters. The van der Waals surface area contributed by atoms with Gasteiger partial charge in [-0.1, -0.05) is 19.1 Å². The molecule has 0 radical (unpaired) electrons. The first-order chi connectivity index (χ1) is 8.83. The zero-order chi connectivity index (χ0) is 12.8. The van der Waals surface area contributed by atoms with Crippen molar-refractivity contribution in [2.75, 3.05) is 31.6 Å². The zero-order valence-electron chi connectivity index (χ0n) is 11.8. The van der Waals surface area contributed by atoms with Gasteiger partial charge in [0.1, 0.15) is 0 Å². The maximum Gasteiger partial charge on any atom is 0.0366 e. The summed E-state index contributed by atoms with van der Waals surface area (Å²) < 4.78 is 0. The maximum atomic E-state index is 3.27. The Balaban J connectivity index is 1.94. The summed E-state index contributed by atoms with van der Waals surface area (Å²) >= 11 is 0. The van der Waals surface area contributed by atoms with Gasteiger partial charge in [0.25, 0.3) is 0 Å². The van der Waals surface area contributed by atoms with Crippen LogP contribution in [0.4, 0.5) is 5.69 Å². The van der Waals surface area contributed by atoms with Gasteiger partial charge in [-0.25, -0.2) is 0 Å². The molecule has 0 aliphatic carbocycles. The molecule has 2 rings (SSSR count). The first-order valence-corrected chi connectivity index (χ1v) is 7.32. The van der Waals surface area contributed by atoms with Gasteiger partial charge in [0.2, 0.25) is 0 Å². The minimum Gasteiger partial charge on any atom is -0.371 e. The van der Waals surface area contributed by atoms with Gasteiger partial charge in [-0.2, -0.15) is 0 Å². The van der Waals surface area contributed by atoms with E-state index >= 15 is 0 Å². The van der Waals surface area contributed by atoms with Crippen LogP contribution in [-0.2, 0) is 6.42 Å². The second-order valence-corrected chi connectivity index (χ2v) is 5.37. The quantitative estimate of drug-likeness (QED) is 0.859. The van der Waals surface area contributed by atoms with Crippen LogP contribution in [0.25, 0.3) is 0 Å². The van der Waals surface area contributed by atoms with Gasteiger partial charge < -0.3 is 10.2 Å². The Labute approximate surface area is 111 Å². The topological polar surface area (TPSA) is 15.3 Å². The van der Waals surface area contributed by atoms with Crippen molar-refractivity contribution >= 4 is 5.69 Å². The average Bonchev–Trinajstić information content (AvgIpc) is 2.45. The van der Waals surface area contributed by atoms with Gasteiger partial charge in [-0.3, -0.25) is 0 Å². The molecule has 0 spiro atoms. The maximum absolute atomic E-state index is 3.27. The standard InChI is InChI=1S/C16H26N2/c1-3-14-6-8-16(9-7-14)18-12-4-5-15(13-18)10-11-17-2/h6-9,15,17H,3-5,10-13H2,1-2H3. The van der Waals surface area contributed by atoms with Crippen molar-refractivity contribution in [1.29, 1.82) is 0 Å². The number of nitrogens with zero attached hydrogens (tertiary/aromatic N) is 1. The van der Waals surface area contributed by atoms with Crippen LogP contribution in [-0.4, -0.2) is 26.7 Å². The lowest BCUT2D eigenvalue weighted by molar-refractivity contribution is 0.387. The molecule has 1 aliphatic heterocycles. The third-order valence-electron chi connectivity index (χ3n) is 4.03. The van der Waals surface area contributed by atoms with E-state index in [0.717, 1.165) is 18.9 Å². The third-order valence-corrected chi connectivity index (χ3v) is 4.03. The number of aryl methyl sites for hydroxylation is 1. The Morgan fingerprint density at radius 1 is 1.28 bits per heavy atom. The second-order valence-electron chi connectivity index (χ2n) is 5.37. The molecule has 1 saturated heterocycles. The minimum atomic E-state index is 0.858. The van der Waals surface area contributed by atoms with Gasteiger partial charge in [0.05, 0.1) is 0 Å². The summed E-state index contributed by atoms with van der Waals surface area (Å²) in [6, 6.07) is 9.12. The lowest BCUT2D eigenvalue weighted by Gasteiger charge is -2.34. The number of hydrogen-bond acceptors (Lipinski definition) is 2. The molecule has 0 aromatic heterocycles. The summed E-state index contributed by atoms with van der Waals surface area (Å²) in [7, 11) is 2.05. The highest BCUT2D eigenvalue weighted by molar-refractivity contribution is 5.48. The van der Waals surface area contributed by atoms with Crippen molar-refractivity contribution in [3.8, 4) is 0 Å². The Hall–Kier alpha value is -1.02.